The molecular formula is C16H21NO4. The quantitative estimate of drug-likeness (QED) is 0.866. The van der Waals surface area contributed by atoms with Crippen LogP contribution >= 0.6 is 0 Å². The van der Waals surface area contributed by atoms with Gasteiger partial charge in [0.05, 0.1) is 5.56 Å². The number of phenols is 1. The van der Waals surface area contributed by atoms with Crippen LogP contribution in [0.25, 0.3) is 0 Å². The lowest BCUT2D eigenvalue weighted by Gasteiger charge is -2.34. The number of amides is 1. The summed E-state index contributed by atoms with van der Waals surface area (Å²) in [7, 11) is 0. The Morgan fingerprint density at radius 1 is 1.29 bits per heavy atom. The average Bonchev–Trinajstić information content (AvgIpc) is 2.43. The third-order valence-electron chi connectivity index (χ3n) is 3.63. The average molecular weight is 291 g/mol. The summed E-state index contributed by atoms with van der Waals surface area (Å²) in [6, 6.07) is 5.88. The molecule has 0 spiro atoms. The second-order valence-corrected chi connectivity index (χ2v) is 5.87. The van der Waals surface area contributed by atoms with Crippen molar-refractivity contribution in [2.45, 2.75) is 20.3 Å². The molecule has 1 aliphatic heterocycles. The standard InChI is InChI=1S/C16H21NO4/c1-11-6-12(2)9-17(8-11)15(19)10-21-16(20)13-4-3-5-14(18)7-13/h3-5,7,11-12,18H,6,8-10H2,1-2H3/t11-,12-/m0/s1. The number of ether oxygens (including phenoxy) is 1. The van der Waals surface area contributed by atoms with Crippen LogP contribution in [0.3, 0.4) is 0 Å². The third-order valence-corrected chi connectivity index (χ3v) is 3.63. The zero-order chi connectivity index (χ0) is 15.4. The first-order valence-corrected chi connectivity index (χ1v) is 7.19. The van der Waals surface area contributed by atoms with Crippen LogP contribution in [-0.2, 0) is 9.53 Å². The van der Waals surface area contributed by atoms with Gasteiger partial charge in [-0.3, -0.25) is 4.79 Å². The van der Waals surface area contributed by atoms with Gasteiger partial charge in [0.25, 0.3) is 5.91 Å². The van der Waals surface area contributed by atoms with E-state index in [1.54, 1.807) is 11.0 Å². The molecule has 1 aliphatic rings. The normalized spacial score (nSPS) is 21.9. The van der Waals surface area contributed by atoms with Crippen molar-refractivity contribution in [2.24, 2.45) is 11.8 Å². The topological polar surface area (TPSA) is 66.8 Å². The van der Waals surface area contributed by atoms with Crippen molar-refractivity contribution in [3.05, 3.63) is 29.8 Å². The Balaban J connectivity index is 1.87. The van der Waals surface area contributed by atoms with Crippen LogP contribution in [0.4, 0.5) is 0 Å². The Morgan fingerprint density at radius 2 is 1.95 bits per heavy atom. The van der Waals surface area contributed by atoms with E-state index in [2.05, 4.69) is 13.8 Å². The van der Waals surface area contributed by atoms with Gasteiger partial charge in [0.15, 0.2) is 6.61 Å². The maximum absolute atomic E-state index is 12.1. The molecule has 0 unspecified atom stereocenters. The lowest BCUT2D eigenvalue weighted by atomic mass is 9.92. The summed E-state index contributed by atoms with van der Waals surface area (Å²) >= 11 is 0. The Morgan fingerprint density at radius 3 is 2.57 bits per heavy atom. The zero-order valence-electron chi connectivity index (χ0n) is 12.4. The summed E-state index contributed by atoms with van der Waals surface area (Å²) in [6.45, 7) is 5.41. The summed E-state index contributed by atoms with van der Waals surface area (Å²) in [5.41, 5.74) is 0.239. The molecule has 0 aromatic heterocycles. The molecule has 0 saturated carbocycles. The molecule has 1 aromatic carbocycles. The fourth-order valence-corrected chi connectivity index (χ4v) is 2.80. The van der Waals surface area contributed by atoms with Crippen LogP contribution in [0.2, 0.25) is 0 Å². The Labute approximate surface area is 124 Å². The van der Waals surface area contributed by atoms with E-state index in [0.29, 0.717) is 24.9 Å². The van der Waals surface area contributed by atoms with Gasteiger partial charge in [0.1, 0.15) is 5.75 Å². The van der Waals surface area contributed by atoms with Crippen molar-refractivity contribution in [2.75, 3.05) is 19.7 Å². The van der Waals surface area contributed by atoms with Crippen molar-refractivity contribution in [1.82, 2.24) is 4.90 Å². The lowest BCUT2D eigenvalue weighted by molar-refractivity contribution is -0.137. The van der Waals surface area contributed by atoms with Crippen LogP contribution in [0.5, 0.6) is 5.75 Å². The molecule has 1 N–H and O–H groups in total. The number of carbonyl (C=O) groups excluding carboxylic acids is 2. The Bertz CT molecular complexity index is 519. The van der Waals surface area contributed by atoms with Crippen LogP contribution in [-0.4, -0.2) is 41.6 Å². The lowest BCUT2D eigenvalue weighted by Crippen LogP contribution is -2.44. The minimum atomic E-state index is -0.600. The first kappa shape index (κ1) is 15.4. The number of carbonyl (C=O) groups is 2. The van der Waals surface area contributed by atoms with Crippen LogP contribution in [0.1, 0.15) is 30.6 Å². The Hall–Kier alpha value is -2.04. The van der Waals surface area contributed by atoms with Crippen LogP contribution in [0.15, 0.2) is 24.3 Å². The van der Waals surface area contributed by atoms with E-state index in [0.717, 1.165) is 6.42 Å². The second-order valence-electron chi connectivity index (χ2n) is 5.87. The SMILES string of the molecule is C[C@H]1C[C@H](C)CN(C(=O)COC(=O)c2cccc(O)c2)C1. The summed E-state index contributed by atoms with van der Waals surface area (Å²) in [6.07, 6.45) is 1.12. The number of piperidine rings is 1. The van der Waals surface area contributed by atoms with Crippen LogP contribution in [0, 0.1) is 11.8 Å². The number of phenolic OH excluding ortho intramolecular Hbond substituents is 1. The minimum absolute atomic E-state index is 0.00513. The van der Waals surface area contributed by atoms with E-state index in [9.17, 15) is 14.7 Å². The highest BCUT2D eigenvalue weighted by Crippen LogP contribution is 2.21. The molecular weight excluding hydrogens is 270 g/mol. The Kier molecular flexibility index (Phi) is 4.83. The van der Waals surface area contributed by atoms with Gasteiger partial charge in [-0.1, -0.05) is 19.9 Å². The summed E-state index contributed by atoms with van der Waals surface area (Å²) in [5, 5.41) is 9.32. The predicted molar refractivity (Wildman–Crippen MR) is 77.9 cm³/mol. The van der Waals surface area contributed by atoms with Gasteiger partial charge in [0, 0.05) is 13.1 Å². The van der Waals surface area contributed by atoms with E-state index in [-0.39, 0.29) is 23.8 Å². The molecule has 1 heterocycles. The van der Waals surface area contributed by atoms with Gasteiger partial charge in [-0.05, 0) is 36.5 Å². The molecule has 2 rings (SSSR count). The third kappa shape index (κ3) is 4.21. The fraction of sp³-hybridized carbons (Fsp3) is 0.500. The number of rotatable bonds is 3. The monoisotopic (exact) mass is 291 g/mol. The minimum Gasteiger partial charge on any atom is -0.508 e. The first-order chi connectivity index (χ1) is 9.95. The van der Waals surface area contributed by atoms with E-state index >= 15 is 0 Å². The molecule has 1 aromatic rings. The number of aromatic hydroxyl groups is 1. The van der Waals surface area contributed by atoms with Crippen molar-refractivity contribution in [1.29, 1.82) is 0 Å². The molecule has 2 atom stereocenters. The molecule has 1 amide bonds. The van der Waals surface area contributed by atoms with E-state index < -0.39 is 5.97 Å². The number of likely N-dealkylation sites (tertiary alicyclic amines) is 1. The van der Waals surface area contributed by atoms with Crippen molar-refractivity contribution >= 4 is 11.9 Å². The smallest absolute Gasteiger partial charge is 0.338 e. The van der Waals surface area contributed by atoms with Gasteiger partial charge in [-0.25, -0.2) is 4.79 Å². The molecule has 1 saturated heterocycles. The number of hydrogen-bond donors (Lipinski definition) is 1. The largest absolute Gasteiger partial charge is 0.508 e. The van der Waals surface area contributed by atoms with Crippen molar-refractivity contribution in [3.63, 3.8) is 0 Å². The van der Waals surface area contributed by atoms with Crippen molar-refractivity contribution in [3.8, 4) is 5.75 Å². The summed E-state index contributed by atoms with van der Waals surface area (Å²) in [4.78, 5) is 25.7. The number of hydrogen-bond acceptors (Lipinski definition) is 4. The number of nitrogens with zero attached hydrogens (tertiary/aromatic N) is 1. The molecule has 5 heteroatoms. The van der Waals surface area contributed by atoms with E-state index in [1.807, 2.05) is 0 Å². The van der Waals surface area contributed by atoms with Gasteiger partial charge in [-0.15, -0.1) is 0 Å². The molecule has 0 bridgehead atoms. The highest BCUT2D eigenvalue weighted by atomic mass is 16.5. The van der Waals surface area contributed by atoms with Crippen LogP contribution < -0.4 is 0 Å². The highest BCUT2D eigenvalue weighted by molar-refractivity contribution is 5.91. The first-order valence-electron chi connectivity index (χ1n) is 7.19. The zero-order valence-corrected chi connectivity index (χ0v) is 12.4. The predicted octanol–water partition coefficient (Wildman–Crippen LogP) is 2.05. The second kappa shape index (κ2) is 6.61. The summed E-state index contributed by atoms with van der Waals surface area (Å²) < 4.78 is 5.03. The molecule has 0 radical (unpaired) electrons. The van der Waals surface area contributed by atoms with E-state index in [4.69, 9.17) is 4.74 Å². The van der Waals surface area contributed by atoms with Crippen molar-refractivity contribution < 1.29 is 19.4 Å². The highest BCUT2D eigenvalue weighted by Gasteiger charge is 2.26. The molecule has 5 nitrogen and oxygen atoms in total. The maximum Gasteiger partial charge on any atom is 0.338 e. The van der Waals surface area contributed by atoms with E-state index in [1.165, 1.54) is 18.2 Å². The summed E-state index contributed by atoms with van der Waals surface area (Å²) in [5.74, 6) is 0.174. The van der Waals surface area contributed by atoms with Gasteiger partial charge < -0.3 is 14.7 Å². The number of esters is 1. The van der Waals surface area contributed by atoms with Gasteiger partial charge >= 0.3 is 5.97 Å². The molecule has 114 valence electrons. The molecule has 0 aliphatic carbocycles. The number of benzene rings is 1. The van der Waals surface area contributed by atoms with Gasteiger partial charge in [0.2, 0.25) is 0 Å². The molecule has 1 fully saturated rings. The molecule has 21 heavy (non-hydrogen) atoms. The fourth-order valence-electron chi connectivity index (χ4n) is 2.80. The van der Waals surface area contributed by atoms with Gasteiger partial charge in [-0.2, -0.15) is 0 Å². The maximum atomic E-state index is 12.1.